The molecule has 1 aromatic heterocycles. The van der Waals surface area contributed by atoms with Crippen LogP contribution in [0.5, 0.6) is 0 Å². The summed E-state index contributed by atoms with van der Waals surface area (Å²) in [6.07, 6.45) is 2.71. The molecule has 2 atom stereocenters. The first-order chi connectivity index (χ1) is 10.6. The van der Waals surface area contributed by atoms with E-state index >= 15 is 0 Å². The monoisotopic (exact) mass is 303 g/mol. The van der Waals surface area contributed by atoms with Crippen molar-refractivity contribution in [1.82, 2.24) is 10.3 Å². The van der Waals surface area contributed by atoms with Crippen molar-refractivity contribution in [3.8, 4) is 0 Å². The summed E-state index contributed by atoms with van der Waals surface area (Å²) in [5, 5.41) is 3.68. The number of carbonyl (C=O) groups is 2. The van der Waals surface area contributed by atoms with Crippen LogP contribution in [0.4, 0.5) is 0 Å². The number of esters is 1. The van der Waals surface area contributed by atoms with Gasteiger partial charge in [-0.15, -0.1) is 0 Å². The molecule has 2 aromatic rings. The van der Waals surface area contributed by atoms with E-state index in [9.17, 15) is 9.59 Å². The molecule has 2 rings (SSSR count). The van der Waals surface area contributed by atoms with Gasteiger partial charge in [-0.3, -0.25) is 4.79 Å². The number of nitrogens with two attached hydrogens (primary N) is 1. The van der Waals surface area contributed by atoms with Gasteiger partial charge in [-0.1, -0.05) is 25.1 Å². The average molecular weight is 303 g/mol. The number of amides is 1. The largest absolute Gasteiger partial charge is 0.467 e. The van der Waals surface area contributed by atoms with Gasteiger partial charge in [0.15, 0.2) is 0 Å². The molecule has 4 N–H and O–H groups in total. The molecule has 0 saturated heterocycles. The molecule has 1 heterocycles. The summed E-state index contributed by atoms with van der Waals surface area (Å²) in [6, 6.07) is 6.45. The fourth-order valence-electron chi connectivity index (χ4n) is 2.38. The number of hydrogen-bond acceptors (Lipinski definition) is 4. The first-order valence-corrected chi connectivity index (χ1v) is 7.25. The standard InChI is InChI=1S/C16H21N3O3/c1-3-13(16(21)22-2)19-15(20)12(17)8-10-9-18-14-7-5-4-6-11(10)14/h4-7,9,12-13,18H,3,8,17H2,1-2H3,(H,19,20)/t12-,13?/m0/s1. The summed E-state index contributed by atoms with van der Waals surface area (Å²) in [6.45, 7) is 1.80. The summed E-state index contributed by atoms with van der Waals surface area (Å²) >= 11 is 0. The Morgan fingerprint density at radius 1 is 1.36 bits per heavy atom. The molecule has 1 amide bonds. The van der Waals surface area contributed by atoms with E-state index in [0.29, 0.717) is 12.8 Å². The molecule has 0 saturated carbocycles. The lowest BCUT2D eigenvalue weighted by Gasteiger charge is -2.17. The Labute approximate surface area is 129 Å². The minimum absolute atomic E-state index is 0.359. The summed E-state index contributed by atoms with van der Waals surface area (Å²) < 4.78 is 4.65. The maximum atomic E-state index is 12.1. The molecule has 0 aliphatic carbocycles. The number of nitrogens with one attached hydrogen (secondary N) is 2. The first kappa shape index (κ1) is 16.0. The number of hydrogen-bond donors (Lipinski definition) is 3. The number of rotatable bonds is 6. The second-order valence-electron chi connectivity index (χ2n) is 5.16. The summed E-state index contributed by atoms with van der Waals surface area (Å²) in [5.41, 5.74) is 7.95. The van der Waals surface area contributed by atoms with E-state index in [1.165, 1.54) is 7.11 Å². The molecule has 0 fully saturated rings. The van der Waals surface area contributed by atoms with Crippen molar-refractivity contribution >= 4 is 22.8 Å². The molecular weight excluding hydrogens is 282 g/mol. The SMILES string of the molecule is CCC(NC(=O)[C@@H](N)Cc1c[nH]c2ccccc12)C(=O)OC. The lowest BCUT2D eigenvalue weighted by Crippen LogP contribution is -2.49. The third-order valence-electron chi connectivity index (χ3n) is 3.66. The van der Waals surface area contributed by atoms with Crippen molar-refractivity contribution < 1.29 is 14.3 Å². The van der Waals surface area contributed by atoms with E-state index in [1.54, 1.807) is 6.92 Å². The van der Waals surface area contributed by atoms with Crippen molar-refractivity contribution in [2.45, 2.75) is 31.8 Å². The number of aromatic amines is 1. The van der Waals surface area contributed by atoms with Gasteiger partial charge in [-0.25, -0.2) is 4.79 Å². The van der Waals surface area contributed by atoms with Crippen molar-refractivity contribution in [2.75, 3.05) is 7.11 Å². The summed E-state index contributed by atoms with van der Waals surface area (Å²) in [7, 11) is 1.29. The number of methoxy groups -OCH3 is 1. The van der Waals surface area contributed by atoms with Gasteiger partial charge in [0.1, 0.15) is 6.04 Å². The molecule has 118 valence electrons. The van der Waals surface area contributed by atoms with Crippen LogP contribution < -0.4 is 11.1 Å². The molecule has 6 nitrogen and oxygen atoms in total. The van der Waals surface area contributed by atoms with Crippen molar-refractivity contribution in [3.63, 3.8) is 0 Å². The van der Waals surface area contributed by atoms with E-state index in [4.69, 9.17) is 5.73 Å². The average Bonchev–Trinajstić information content (AvgIpc) is 2.94. The van der Waals surface area contributed by atoms with Gasteiger partial charge >= 0.3 is 5.97 Å². The Balaban J connectivity index is 2.03. The Bertz CT molecular complexity index is 665. The highest BCUT2D eigenvalue weighted by Gasteiger charge is 2.23. The maximum Gasteiger partial charge on any atom is 0.328 e. The van der Waals surface area contributed by atoms with Crippen LogP contribution in [-0.4, -0.2) is 36.1 Å². The predicted octanol–water partition coefficient (Wildman–Crippen LogP) is 1.11. The minimum Gasteiger partial charge on any atom is -0.467 e. The fourth-order valence-corrected chi connectivity index (χ4v) is 2.38. The second kappa shape index (κ2) is 7.09. The Morgan fingerprint density at radius 2 is 2.09 bits per heavy atom. The predicted molar refractivity (Wildman–Crippen MR) is 84.2 cm³/mol. The van der Waals surface area contributed by atoms with Crippen LogP contribution in [0.3, 0.4) is 0 Å². The van der Waals surface area contributed by atoms with Crippen molar-refractivity contribution in [3.05, 3.63) is 36.0 Å². The van der Waals surface area contributed by atoms with Gasteiger partial charge in [-0.2, -0.15) is 0 Å². The highest BCUT2D eigenvalue weighted by atomic mass is 16.5. The van der Waals surface area contributed by atoms with Gasteiger partial charge < -0.3 is 20.8 Å². The minimum atomic E-state index is -0.724. The number of carbonyl (C=O) groups excluding carboxylic acids is 2. The zero-order valence-electron chi connectivity index (χ0n) is 12.8. The van der Waals surface area contributed by atoms with Gasteiger partial charge in [0.05, 0.1) is 13.2 Å². The topological polar surface area (TPSA) is 97.2 Å². The Morgan fingerprint density at radius 3 is 2.77 bits per heavy atom. The number of fused-ring (bicyclic) bond motifs is 1. The zero-order chi connectivity index (χ0) is 16.1. The van der Waals surface area contributed by atoms with Gasteiger partial charge in [0.2, 0.25) is 5.91 Å². The number of ether oxygens (including phenoxy) is 1. The molecule has 0 bridgehead atoms. The number of benzene rings is 1. The highest BCUT2D eigenvalue weighted by Crippen LogP contribution is 2.18. The zero-order valence-corrected chi connectivity index (χ0v) is 12.8. The molecule has 0 aliphatic heterocycles. The lowest BCUT2D eigenvalue weighted by molar-refractivity contribution is -0.145. The smallest absolute Gasteiger partial charge is 0.328 e. The van der Waals surface area contributed by atoms with E-state index in [0.717, 1.165) is 16.5 Å². The van der Waals surface area contributed by atoms with Gasteiger partial charge in [-0.05, 0) is 24.5 Å². The number of H-pyrrole nitrogens is 1. The van der Waals surface area contributed by atoms with Crippen LogP contribution in [0.15, 0.2) is 30.5 Å². The van der Waals surface area contributed by atoms with E-state index in [1.807, 2.05) is 30.5 Å². The molecule has 1 unspecified atom stereocenters. The number of para-hydroxylation sites is 1. The van der Waals surface area contributed by atoms with Crippen molar-refractivity contribution in [2.24, 2.45) is 5.73 Å². The second-order valence-corrected chi connectivity index (χ2v) is 5.16. The normalized spacial score (nSPS) is 13.6. The van der Waals surface area contributed by atoms with Crippen LogP contribution in [0.25, 0.3) is 10.9 Å². The van der Waals surface area contributed by atoms with Crippen LogP contribution in [-0.2, 0) is 20.7 Å². The quantitative estimate of drug-likeness (QED) is 0.696. The summed E-state index contributed by atoms with van der Waals surface area (Å²) in [5.74, 6) is -0.822. The first-order valence-electron chi connectivity index (χ1n) is 7.25. The highest BCUT2D eigenvalue weighted by molar-refractivity contribution is 5.89. The van der Waals surface area contributed by atoms with E-state index in [2.05, 4.69) is 15.0 Å². The molecule has 22 heavy (non-hydrogen) atoms. The van der Waals surface area contributed by atoms with Crippen LogP contribution >= 0.6 is 0 Å². The van der Waals surface area contributed by atoms with E-state index < -0.39 is 18.1 Å². The molecule has 0 aliphatic rings. The molecule has 0 spiro atoms. The van der Waals surface area contributed by atoms with Crippen molar-refractivity contribution in [1.29, 1.82) is 0 Å². The Kier molecular flexibility index (Phi) is 5.16. The van der Waals surface area contributed by atoms with Gasteiger partial charge in [0.25, 0.3) is 0 Å². The van der Waals surface area contributed by atoms with Crippen LogP contribution in [0, 0.1) is 0 Å². The van der Waals surface area contributed by atoms with Crippen LogP contribution in [0.1, 0.15) is 18.9 Å². The molecule has 0 radical (unpaired) electrons. The van der Waals surface area contributed by atoms with Crippen LogP contribution in [0.2, 0.25) is 0 Å². The van der Waals surface area contributed by atoms with Gasteiger partial charge in [0, 0.05) is 17.1 Å². The fraction of sp³-hybridized carbons (Fsp3) is 0.375. The third kappa shape index (κ3) is 3.46. The summed E-state index contributed by atoms with van der Waals surface area (Å²) in [4.78, 5) is 26.8. The van der Waals surface area contributed by atoms with E-state index in [-0.39, 0.29) is 5.91 Å². The Hall–Kier alpha value is -2.34. The molecular formula is C16H21N3O3. The molecule has 6 heteroatoms. The third-order valence-corrected chi connectivity index (χ3v) is 3.66. The lowest BCUT2D eigenvalue weighted by atomic mass is 10.0. The number of aromatic nitrogens is 1. The molecule has 1 aromatic carbocycles. The maximum absolute atomic E-state index is 12.1.